The lowest BCUT2D eigenvalue weighted by Crippen LogP contribution is -2.31. The molecule has 0 amide bonds. The van der Waals surface area contributed by atoms with Gasteiger partial charge in [0, 0.05) is 7.05 Å². The normalized spacial score (nSPS) is 17.8. The van der Waals surface area contributed by atoms with Crippen LogP contribution in [0.1, 0.15) is 50.9 Å². The quantitative estimate of drug-likeness (QED) is 0.825. The van der Waals surface area contributed by atoms with Crippen molar-refractivity contribution in [3.05, 3.63) is 16.4 Å². The van der Waals surface area contributed by atoms with Crippen molar-refractivity contribution < 1.29 is 0 Å². The van der Waals surface area contributed by atoms with Crippen molar-refractivity contribution in [3.63, 3.8) is 0 Å². The first-order chi connectivity index (χ1) is 9.99. The number of aromatic nitrogens is 2. The summed E-state index contributed by atoms with van der Waals surface area (Å²) >= 11 is 6.45. The van der Waals surface area contributed by atoms with E-state index in [2.05, 4.69) is 24.3 Å². The zero-order chi connectivity index (χ0) is 15.4. The molecule has 1 N–H and O–H groups in total. The minimum Gasteiger partial charge on any atom is -0.316 e. The molecule has 3 nitrogen and oxygen atoms in total. The van der Waals surface area contributed by atoms with Crippen LogP contribution in [0.15, 0.2) is 0 Å². The maximum atomic E-state index is 6.45. The second-order valence-electron chi connectivity index (χ2n) is 7.03. The van der Waals surface area contributed by atoms with Crippen molar-refractivity contribution in [2.24, 2.45) is 24.8 Å². The van der Waals surface area contributed by atoms with Crippen LogP contribution in [-0.2, 0) is 13.5 Å². The fourth-order valence-corrected chi connectivity index (χ4v) is 3.78. The third-order valence-corrected chi connectivity index (χ3v) is 5.23. The molecule has 1 aliphatic carbocycles. The van der Waals surface area contributed by atoms with Crippen molar-refractivity contribution in [3.8, 4) is 0 Å². The second-order valence-corrected chi connectivity index (χ2v) is 7.41. The van der Waals surface area contributed by atoms with E-state index in [0.29, 0.717) is 11.8 Å². The highest BCUT2D eigenvalue weighted by Crippen LogP contribution is 2.34. The summed E-state index contributed by atoms with van der Waals surface area (Å²) in [5, 5.41) is 8.98. The highest BCUT2D eigenvalue weighted by molar-refractivity contribution is 6.31. The van der Waals surface area contributed by atoms with Gasteiger partial charge in [-0.2, -0.15) is 5.10 Å². The van der Waals surface area contributed by atoms with Crippen LogP contribution in [-0.4, -0.2) is 22.9 Å². The van der Waals surface area contributed by atoms with Crippen molar-refractivity contribution in [1.82, 2.24) is 15.1 Å². The van der Waals surface area contributed by atoms with Crippen LogP contribution >= 0.6 is 11.6 Å². The molecule has 120 valence electrons. The van der Waals surface area contributed by atoms with Gasteiger partial charge in [-0.05, 0) is 44.2 Å². The van der Waals surface area contributed by atoms with Gasteiger partial charge in [0.15, 0.2) is 0 Å². The molecule has 0 saturated heterocycles. The van der Waals surface area contributed by atoms with Gasteiger partial charge < -0.3 is 5.32 Å². The molecule has 1 fully saturated rings. The molecule has 1 atom stereocenters. The molecule has 4 heteroatoms. The molecule has 21 heavy (non-hydrogen) atoms. The predicted octanol–water partition coefficient (Wildman–Crippen LogP) is 3.98. The third kappa shape index (κ3) is 4.46. The maximum absolute atomic E-state index is 6.45. The minimum atomic E-state index is 0.679. The summed E-state index contributed by atoms with van der Waals surface area (Å²) in [6.07, 6.45) is 6.59. The number of nitrogens with one attached hydrogen (secondary N) is 1. The molecule has 0 bridgehead atoms. The van der Waals surface area contributed by atoms with E-state index < -0.39 is 0 Å². The lowest BCUT2D eigenvalue weighted by Gasteiger charge is -2.24. The molecule has 1 saturated carbocycles. The first kappa shape index (κ1) is 16.8. The summed E-state index contributed by atoms with van der Waals surface area (Å²) in [6.45, 7) is 8.72. The zero-order valence-electron chi connectivity index (χ0n) is 14.0. The van der Waals surface area contributed by atoms with Gasteiger partial charge in [-0.1, -0.05) is 51.1 Å². The maximum Gasteiger partial charge on any atom is 0.0847 e. The van der Waals surface area contributed by atoms with E-state index in [1.54, 1.807) is 0 Å². The summed E-state index contributed by atoms with van der Waals surface area (Å²) in [5.74, 6) is 2.23. The number of halogens is 1. The Bertz CT molecular complexity index is 447. The number of aryl methyl sites for hydroxylation is 2. The van der Waals surface area contributed by atoms with E-state index in [9.17, 15) is 0 Å². The van der Waals surface area contributed by atoms with Gasteiger partial charge in [-0.15, -0.1) is 0 Å². The Morgan fingerprint density at radius 1 is 1.29 bits per heavy atom. The topological polar surface area (TPSA) is 29.9 Å². The van der Waals surface area contributed by atoms with E-state index in [1.165, 1.54) is 31.4 Å². The van der Waals surface area contributed by atoms with E-state index in [1.807, 2.05) is 18.7 Å². The Morgan fingerprint density at radius 2 is 1.95 bits per heavy atom. The Hall–Kier alpha value is -0.540. The molecule has 1 aromatic heterocycles. The molecule has 1 unspecified atom stereocenters. The summed E-state index contributed by atoms with van der Waals surface area (Å²) < 4.78 is 1.97. The van der Waals surface area contributed by atoms with Crippen molar-refractivity contribution in [2.45, 2.75) is 52.9 Å². The van der Waals surface area contributed by atoms with Gasteiger partial charge in [0.2, 0.25) is 0 Å². The van der Waals surface area contributed by atoms with Crippen molar-refractivity contribution >= 4 is 11.6 Å². The highest BCUT2D eigenvalue weighted by atomic mass is 35.5. The third-order valence-electron chi connectivity index (χ3n) is 4.74. The highest BCUT2D eigenvalue weighted by Gasteiger charge is 2.27. The van der Waals surface area contributed by atoms with Gasteiger partial charge in [0.1, 0.15) is 0 Å². The molecule has 1 heterocycles. The van der Waals surface area contributed by atoms with Gasteiger partial charge in [0.05, 0.1) is 16.4 Å². The standard InChI is InChI=1S/C17H30ClN3/c1-12(2)10-19-11-15(14-7-5-6-8-14)9-16-17(18)13(3)20-21(16)4/h12,14-15,19H,5-11H2,1-4H3. The van der Waals surface area contributed by atoms with Gasteiger partial charge in [0.25, 0.3) is 0 Å². The summed E-state index contributed by atoms with van der Waals surface area (Å²) in [6, 6.07) is 0. The molecular formula is C17H30ClN3. The van der Waals surface area contributed by atoms with Crippen LogP contribution in [0.2, 0.25) is 5.02 Å². The van der Waals surface area contributed by atoms with Gasteiger partial charge in [-0.3, -0.25) is 4.68 Å². The van der Waals surface area contributed by atoms with Crippen LogP contribution in [0.4, 0.5) is 0 Å². The summed E-state index contributed by atoms with van der Waals surface area (Å²) in [4.78, 5) is 0. The average molecular weight is 312 g/mol. The molecular weight excluding hydrogens is 282 g/mol. The fourth-order valence-electron chi connectivity index (χ4n) is 3.54. The Balaban J connectivity index is 2.03. The number of nitrogens with zero attached hydrogens (tertiary/aromatic N) is 2. The van der Waals surface area contributed by atoms with Gasteiger partial charge >= 0.3 is 0 Å². The van der Waals surface area contributed by atoms with Crippen LogP contribution in [0.3, 0.4) is 0 Å². The monoisotopic (exact) mass is 311 g/mol. The van der Waals surface area contributed by atoms with E-state index >= 15 is 0 Å². The van der Waals surface area contributed by atoms with Crippen LogP contribution in [0, 0.1) is 24.7 Å². The first-order valence-electron chi connectivity index (χ1n) is 8.37. The van der Waals surface area contributed by atoms with Crippen molar-refractivity contribution in [1.29, 1.82) is 0 Å². The number of rotatable bonds is 7. The number of hydrogen-bond donors (Lipinski definition) is 1. The molecule has 0 aliphatic heterocycles. The minimum absolute atomic E-state index is 0.679. The largest absolute Gasteiger partial charge is 0.316 e. The SMILES string of the molecule is Cc1nn(C)c(CC(CNCC(C)C)C2CCCC2)c1Cl. The molecule has 0 spiro atoms. The smallest absolute Gasteiger partial charge is 0.0847 e. The Kier molecular flexibility index (Phi) is 6.12. The summed E-state index contributed by atoms with van der Waals surface area (Å²) in [5.41, 5.74) is 2.16. The van der Waals surface area contributed by atoms with Crippen LogP contribution < -0.4 is 5.32 Å². The lowest BCUT2D eigenvalue weighted by molar-refractivity contribution is 0.311. The fraction of sp³-hybridized carbons (Fsp3) is 0.824. The van der Waals surface area contributed by atoms with Gasteiger partial charge in [-0.25, -0.2) is 0 Å². The molecule has 0 radical (unpaired) electrons. The average Bonchev–Trinajstić information content (AvgIpc) is 3.01. The van der Waals surface area contributed by atoms with E-state index in [-0.39, 0.29) is 0 Å². The number of hydrogen-bond acceptors (Lipinski definition) is 2. The first-order valence-corrected chi connectivity index (χ1v) is 8.75. The lowest BCUT2D eigenvalue weighted by atomic mass is 9.86. The van der Waals surface area contributed by atoms with Crippen molar-refractivity contribution in [2.75, 3.05) is 13.1 Å². The van der Waals surface area contributed by atoms with E-state index in [0.717, 1.165) is 36.1 Å². The van der Waals surface area contributed by atoms with Crippen LogP contribution in [0.5, 0.6) is 0 Å². The summed E-state index contributed by atoms with van der Waals surface area (Å²) in [7, 11) is 2.02. The predicted molar refractivity (Wildman–Crippen MR) is 89.8 cm³/mol. The zero-order valence-corrected chi connectivity index (χ0v) is 14.7. The molecule has 0 aromatic carbocycles. The molecule has 1 aromatic rings. The van der Waals surface area contributed by atoms with E-state index in [4.69, 9.17) is 11.6 Å². The molecule has 2 rings (SSSR count). The Labute approximate surface area is 134 Å². The second kappa shape index (κ2) is 7.64. The van der Waals surface area contributed by atoms with Crippen LogP contribution in [0.25, 0.3) is 0 Å². The Morgan fingerprint density at radius 3 is 2.48 bits per heavy atom. The molecule has 1 aliphatic rings.